The van der Waals surface area contributed by atoms with E-state index in [0.717, 1.165) is 17.1 Å². The van der Waals surface area contributed by atoms with E-state index in [2.05, 4.69) is 15.2 Å². The van der Waals surface area contributed by atoms with E-state index in [4.69, 9.17) is 4.74 Å². The van der Waals surface area contributed by atoms with Crippen molar-refractivity contribution in [2.75, 3.05) is 6.61 Å². The van der Waals surface area contributed by atoms with Gasteiger partial charge in [0.2, 0.25) is 0 Å². The second-order valence-electron chi connectivity index (χ2n) is 2.79. The van der Waals surface area contributed by atoms with Crippen molar-refractivity contribution in [3.63, 3.8) is 0 Å². The summed E-state index contributed by atoms with van der Waals surface area (Å²) in [7, 11) is 0. The van der Waals surface area contributed by atoms with E-state index in [-0.39, 0.29) is 0 Å². The molecular formula is C10H11N3O. The lowest BCUT2D eigenvalue weighted by molar-refractivity contribution is 0.340. The van der Waals surface area contributed by atoms with Gasteiger partial charge in [0.1, 0.15) is 12.1 Å². The van der Waals surface area contributed by atoms with E-state index >= 15 is 0 Å². The lowest BCUT2D eigenvalue weighted by Gasteiger charge is -2.03. The average Bonchev–Trinajstić information content (AvgIpc) is 2.71. The minimum atomic E-state index is 0.667. The number of aromatic nitrogens is 3. The maximum atomic E-state index is 5.38. The van der Waals surface area contributed by atoms with Crippen molar-refractivity contribution >= 4 is 0 Å². The molecule has 1 N–H and O–H groups in total. The van der Waals surface area contributed by atoms with Crippen molar-refractivity contribution in [1.82, 2.24) is 15.2 Å². The Bertz CT molecular complexity index is 398. The van der Waals surface area contributed by atoms with Crippen molar-refractivity contribution in [2.24, 2.45) is 0 Å². The van der Waals surface area contributed by atoms with Gasteiger partial charge in [0.15, 0.2) is 5.82 Å². The summed E-state index contributed by atoms with van der Waals surface area (Å²) >= 11 is 0. The van der Waals surface area contributed by atoms with E-state index < -0.39 is 0 Å². The first kappa shape index (κ1) is 8.74. The fourth-order valence-electron chi connectivity index (χ4n) is 1.24. The van der Waals surface area contributed by atoms with Crippen LogP contribution in [0.15, 0.2) is 30.6 Å². The smallest absolute Gasteiger partial charge is 0.155 e. The van der Waals surface area contributed by atoms with Gasteiger partial charge >= 0.3 is 0 Å². The minimum Gasteiger partial charge on any atom is -0.494 e. The van der Waals surface area contributed by atoms with Gasteiger partial charge in [0.25, 0.3) is 0 Å². The zero-order valence-corrected chi connectivity index (χ0v) is 7.90. The van der Waals surface area contributed by atoms with Crippen molar-refractivity contribution < 1.29 is 4.74 Å². The molecule has 1 heterocycles. The molecule has 0 amide bonds. The molecule has 4 heteroatoms. The molecule has 0 aliphatic rings. The average molecular weight is 189 g/mol. The van der Waals surface area contributed by atoms with Gasteiger partial charge in [-0.3, -0.25) is 5.10 Å². The Balaban J connectivity index is 2.31. The molecule has 0 fully saturated rings. The van der Waals surface area contributed by atoms with Crippen molar-refractivity contribution in [3.05, 3.63) is 30.6 Å². The third kappa shape index (κ3) is 1.74. The van der Waals surface area contributed by atoms with Crippen molar-refractivity contribution in [1.29, 1.82) is 0 Å². The van der Waals surface area contributed by atoms with Gasteiger partial charge in [-0.15, -0.1) is 0 Å². The van der Waals surface area contributed by atoms with E-state index in [1.54, 1.807) is 0 Å². The number of hydrogen-bond donors (Lipinski definition) is 1. The van der Waals surface area contributed by atoms with E-state index in [1.165, 1.54) is 6.33 Å². The number of ether oxygens (including phenoxy) is 1. The molecule has 0 spiro atoms. The number of rotatable bonds is 3. The summed E-state index contributed by atoms with van der Waals surface area (Å²) in [6.45, 7) is 2.63. The predicted molar refractivity (Wildman–Crippen MR) is 53.0 cm³/mol. The minimum absolute atomic E-state index is 0.667. The van der Waals surface area contributed by atoms with Crippen LogP contribution in [0.25, 0.3) is 11.4 Å². The summed E-state index contributed by atoms with van der Waals surface area (Å²) in [4.78, 5) is 4.07. The number of aromatic amines is 1. The summed E-state index contributed by atoms with van der Waals surface area (Å²) in [5.41, 5.74) is 0.980. The van der Waals surface area contributed by atoms with Crippen molar-refractivity contribution in [2.45, 2.75) is 6.92 Å². The van der Waals surface area contributed by atoms with Gasteiger partial charge in [-0.1, -0.05) is 12.1 Å². The second-order valence-corrected chi connectivity index (χ2v) is 2.79. The standard InChI is InChI=1S/C10H11N3O/c1-2-14-9-5-3-4-8(6-9)10-11-7-12-13-10/h3-7H,2H2,1H3,(H,11,12,13). The Morgan fingerprint density at radius 2 is 2.36 bits per heavy atom. The molecule has 4 nitrogen and oxygen atoms in total. The highest BCUT2D eigenvalue weighted by molar-refractivity contribution is 5.56. The maximum Gasteiger partial charge on any atom is 0.155 e. The summed E-state index contributed by atoms with van der Waals surface area (Å²) in [5.74, 6) is 1.60. The second kappa shape index (κ2) is 3.91. The number of benzene rings is 1. The molecule has 0 atom stereocenters. The lowest BCUT2D eigenvalue weighted by Crippen LogP contribution is -1.91. The topological polar surface area (TPSA) is 50.8 Å². The SMILES string of the molecule is CCOc1cccc(-c2ncn[nH]2)c1. The van der Waals surface area contributed by atoms with Gasteiger partial charge in [-0.2, -0.15) is 5.10 Å². The Morgan fingerprint density at radius 3 is 3.07 bits per heavy atom. The Hall–Kier alpha value is -1.84. The molecule has 14 heavy (non-hydrogen) atoms. The van der Waals surface area contributed by atoms with Crippen LogP contribution in [0.2, 0.25) is 0 Å². The van der Waals surface area contributed by atoms with Crippen molar-refractivity contribution in [3.8, 4) is 17.1 Å². The number of nitrogens with zero attached hydrogens (tertiary/aromatic N) is 2. The lowest BCUT2D eigenvalue weighted by atomic mass is 10.2. The van der Waals surface area contributed by atoms with E-state index in [0.29, 0.717) is 6.61 Å². The Morgan fingerprint density at radius 1 is 1.43 bits per heavy atom. The van der Waals surface area contributed by atoms with Crippen LogP contribution in [0.4, 0.5) is 0 Å². The predicted octanol–water partition coefficient (Wildman–Crippen LogP) is 1.87. The Kier molecular flexibility index (Phi) is 2.44. The van der Waals surface area contributed by atoms with Crippen LogP contribution >= 0.6 is 0 Å². The first-order valence-corrected chi connectivity index (χ1v) is 4.48. The van der Waals surface area contributed by atoms with E-state index in [9.17, 15) is 0 Å². The van der Waals surface area contributed by atoms with Crippen LogP contribution in [-0.2, 0) is 0 Å². The normalized spacial score (nSPS) is 10.1. The van der Waals surface area contributed by atoms with E-state index in [1.807, 2.05) is 31.2 Å². The zero-order valence-electron chi connectivity index (χ0n) is 7.90. The molecule has 1 aromatic carbocycles. The molecule has 0 aliphatic carbocycles. The first-order chi connectivity index (χ1) is 6.90. The summed E-state index contributed by atoms with van der Waals surface area (Å²) in [6, 6.07) is 7.75. The molecule has 72 valence electrons. The van der Waals surface area contributed by atoms with Gasteiger partial charge < -0.3 is 4.74 Å². The van der Waals surface area contributed by atoms with Crippen LogP contribution in [0.5, 0.6) is 5.75 Å². The molecule has 0 saturated carbocycles. The molecule has 2 rings (SSSR count). The summed E-state index contributed by atoms with van der Waals surface area (Å²) < 4.78 is 5.38. The maximum absolute atomic E-state index is 5.38. The fourth-order valence-corrected chi connectivity index (χ4v) is 1.24. The van der Waals surface area contributed by atoms with Crippen LogP contribution in [-0.4, -0.2) is 21.8 Å². The van der Waals surface area contributed by atoms with Gasteiger partial charge in [-0.25, -0.2) is 4.98 Å². The quantitative estimate of drug-likeness (QED) is 0.801. The molecule has 0 bridgehead atoms. The fraction of sp³-hybridized carbons (Fsp3) is 0.200. The van der Waals surface area contributed by atoms with Crippen LogP contribution in [0.1, 0.15) is 6.92 Å². The zero-order chi connectivity index (χ0) is 9.80. The highest BCUT2D eigenvalue weighted by Crippen LogP contribution is 2.19. The molecule has 0 aliphatic heterocycles. The van der Waals surface area contributed by atoms with Gasteiger partial charge in [0.05, 0.1) is 6.61 Å². The number of nitrogens with one attached hydrogen (secondary N) is 1. The van der Waals surface area contributed by atoms with Crippen LogP contribution in [0, 0.1) is 0 Å². The van der Waals surface area contributed by atoms with Gasteiger partial charge in [-0.05, 0) is 19.1 Å². The molecule has 0 saturated heterocycles. The third-order valence-electron chi connectivity index (χ3n) is 1.83. The van der Waals surface area contributed by atoms with Crippen LogP contribution < -0.4 is 4.74 Å². The number of hydrogen-bond acceptors (Lipinski definition) is 3. The molecule has 0 radical (unpaired) electrons. The molecular weight excluding hydrogens is 178 g/mol. The van der Waals surface area contributed by atoms with Gasteiger partial charge in [0, 0.05) is 5.56 Å². The first-order valence-electron chi connectivity index (χ1n) is 4.48. The largest absolute Gasteiger partial charge is 0.494 e. The molecule has 2 aromatic rings. The summed E-state index contributed by atoms with van der Waals surface area (Å²) in [6.07, 6.45) is 1.49. The molecule has 0 unspecified atom stereocenters. The van der Waals surface area contributed by atoms with Crippen LogP contribution in [0.3, 0.4) is 0 Å². The third-order valence-corrected chi connectivity index (χ3v) is 1.83. The molecule has 1 aromatic heterocycles. The highest BCUT2D eigenvalue weighted by atomic mass is 16.5. The highest BCUT2D eigenvalue weighted by Gasteiger charge is 2.01. The number of H-pyrrole nitrogens is 1. The summed E-state index contributed by atoms with van der Waals surface area (Å²) in [5, 5.41) is 6.60. The monoisotopic (exact) mass is 189 g/mol. The Labute approximate surface area is 81.9 Å².